The van der Waals surface area contributed by atoms with Crippen LogP contribution in [0, 0.1) is 5.41 Å². The number of halogens is 1. The van der Waals surface area contributed by atoms with E-state index in [1.165, 1.54) is 4.90 Å². The number of benzene rings is 2. The Labute approximate surface area is 248 Å². The molecule has 2 aromatic carbocycles. The lowest BCUT2D eigenvalue weighted by Gasteiger charge is -2.31. The monoisotopic (exact) mass is 591 g/mol. The molecular weight excluding hydrogens is 558 g/mol. The van der Waals surface area contributed by atoms with Gasteiger partial charge in [0.2, 0.25) is 0 Å². The number of carbonyl (C=O) groups excluding carboxylic acids is 2. The summed E-state index contributed by atoms with van der Waals surface area (Å²) in [5.74, 6) is 0.191. The summed E-state index contributed by atoms with van der Waals surface area (Å²) < 4.78 is 5.64. The molecule has 220 valence electrons. The van der Waals surface area contributed by atoms with Gasteiger partial charge in [-0.3, -0.25) is 19.3 Å². The molecule has 0 fully saturated rings. The number of rotatable bonds is 11. The number of nitrogens with zero attached hydrogens (tertiary/aromatic N) is 3. The van der Waals surface area contributed by atoms with E-state index in [4.69, 9.17) is 16.3 Å². The maximum absolute atomic E-state index is 13.3. The molecule has 3 N–H and O–H groups in total. The first-order valence-corrected chi connectivity index (χ1v) is 14.1. The number of amides is 2. The van der Waals surface area contributed by atoms with Gasteiger partial charge in [-0.2, -0.15) is 0 Å². The molecule has 0 radical (unpaired) electrons. The first-order chi connectivity index (χ1) is 19.9. The van der Waals surface area contributed by atoms with Gasteiger partial charge in [-0.15, -0.1) is 0 Å². The molecule has 2 aromatic heterocycles. The smallest absolute Gasteiger partial charge is 0.261 e. The van der Waals surface area contributed by atoms with Crippen LogP contribution in [0.5, 0.6) is 5.75 Å². The molecule has 1 aliphatic rings. The Morgan fingerprint density at radius 3 is 2.55 bits per heavy atom. The molecule has 3 heterocycles. The fraction of sp³-hybridized carbons (Fsp3) is 0.355. The summed E-state index contributed by atoms with van der Waals surface area (Å²) in [4.78, 5) is 53.3. The second-order valence-corrected chi connectivity index (χ2v) is 12.2. The van der Waals surface area contributed by atoms with E-state index < -0.39 is 6.10 Å². The van der Waals surface area contributed by atoms with Crippen LogP contribution in [0.4, 0.5) is 0 Å². The third kappa shape index (κ3) is 6.25. The Bertz CT molecular complexity index is 1660. The molecule has 4 aromatic rings. The second kappa shape index (κ2) is 11.7. The normalized spacial score (nSPS) is 14.2. The van der Waals surface area contributed by atoms with E-state index in [9.17, 15) is 19.5 Å². The zero-order valence-electron chi connectivity index (χ0n) is 24.0. The molecule has 10 nitrogen and oxygen atoms in total. The van der Waals surface area contributed by atoms with Gasteiger partial charge in [0.05, 0.1) is 33.8 Å². The predicted molar refractivity (Wildman–Crippen MR) is 161 cm³/mol. The van der Waals surface area contributed by atoms with Gasteiger partial charge >= 0.3 is 0 Å². The largest absolute Gasteiger partial charge is 0.491 e. The number of aromatic nitrogens is 3. The highest BCUT2D eigenvalue weighted by atomic mass is 35.5. The summed E-state index contributed by atoms with van der Waals surface area (Å²) in [7, 11) is 3.91. The van der Waals surface area contributed by atoms with E-state index in [2.05, 4.69) is 15.0 Å². The number of hydrogen-bond donors (Lipinski definition) is 3. The molecule has 11 heteroatoms. The minimum absolute atomic E-state index is 0.0699. The Morgan fingerprint density at radius 2 is 1.83 bits per heavy atom. The van der Waals surface area contributed by atoms with Crippen LogP contribution in [0.3, 0.4) is 0 Å². The fourth-order valence-corrected chi connectivity index (χ4v) is 5.71. The topological polar surface area (TPSA) is 132 Å². The number of imidazole rings is 1. The molecule has 0 saturated carbocycles. The highest BCUT2D eigenvalue weighted by Crippen LogP contribution is 2.31. The molecule has 0 aliphatic carbocycles. The fourth-order valence-electron chi connectivity index (χ4n) is 5.53. The van der Waals surface area contributed by atoms with Crippen molar-refractivity contribution < 1.29 is 19.4 Å². The van der Waals surface area contributed by atoms with Crippen molar-refractivity contribution in [2.75, 3.05) is 33.8 Å². The highest BCUT2D eigenvalue weighted by Gasteiger charge is 2.39. The molecule has 5 rings (SSSR count). The molecule has 0 saturated heterocycles. The van der Waals surface area contributed by atoms with Gasteiger partial charge < -0.3 is 24.7 Å². The number of ether oxygens (including phenoxy) is 1. The van der Waals surface area contributed by atoms with E-state index >= 15 is 0 Å². The van der Waals surface area contributed by atoms with Crippen molar-refractivity contribution in [3.05, 3.63) is 80.7 Å². The first kappa shape index (κ1) is 29.5. The Morgan fingerprint density at radius 1 is 1.10 bits per heavy atom. The molecule has 1 aliphatic heterocycles. The van der Waals surface area contributed by atoms with Crippen molar-refractivity contribution in [3.63, 3.8) is 0 Å². The lowest BCUT2D eigenvalue weighted by atomic mass is 9.92. The summed E-state index contributed by atoms with van der Waals surface area (Å²) in [5, 5.41) is 11.1. The van der Waals surface area contributed by atoms with Crippen LogP contribution in [0.15, 0.2) is 53.5 Å². The highest BCUT2D eigenvalue weighted by molar-refractivity contribution is 6.30. The zero-order valence-corrected chi connectivity index (χ0v) is 24.8. The van der Waals surface area contributed by atoms with Crippen LogP contribution in [0.1, 0.15) is 46.5 Å². The quantitative estimate of drug-likeness (QED) is 0.224. The van der Waals surface area contributed by atoms with Gasteiger partial charge in [0.15, 0.2) is 0 Å². The van der Waals surface area contributed by atoms with Gasteiger partial charge in [0, 0.05) is 24.3 Å². The number of aliphatic hydroxyl groups is 1. The van der Waals surface area contributed by atoms with Gasteiger partial charge in [0.25, 0.3) is 17.4 Å². The number of nitrogens with one attached hydrogen (secondary N) is 2. The lowest BCUT2D eigenvalue weighted by Crippen LogP contribution is -2.42. The maximum atomic E-state index is 13.3. The summed E-state index contributed by atoms with van der Waals surface area (Å²) in [5.41, 5.74) is 2.03. The number of carbonyl (C=O) groups is 2. The molecule has 1 atom stereocenters. The van der Waals surface area contributed by atoms with E-state index in [0.29, 0.717) is 75.8 Å². The van der Waals surface area contributed by atoms with Gasteiger partial charge in [-0.1, -0.05) is 31.5 Å². The number of H-pyrrole nitrogens is 2. The van der Waals surface area contributed by atoms with Crippen molar-refractivity contribution in [2.24, 2.45) is 5.41 Å². The number of fused-ring (bicyclic) bond motifs is 2. The number of hydrogen-bond acceptors (Lipinski definition) is 7. The summed E-state index contributed by atoms with van der Waals surface area (Å²) in [6.07, 6.45) is 1.50. The summed E-state index contributed by atoms with van der Waals surface area (Å²) in [6, 6.07) is 12.0. The molecule has 1 unspecified atom stereocenters. The Kier molecular flexibility index (Phi) is 8.23. The van der Waals surface area contributed by atoms with Gasteiger partial charge in [-0.25, -0.2) is 4.98 Å². The third-order valence-corrected chi connectivity index (χ3v) is 7.41. The van der Waals surface area contributed by atoms with Crippen molar-refractivity contribution in [1.82, 2.24) is 24.8 Å². The predicted octanol–water partition coefficient (Wildman–Crippen LogP) is 4.13. The number of aryl methyl sites for hydroxylation is 1. The van der Waals surface area contributed by atoms with Crippen LogP contribution in [-0.4, -0.2) is 81.6 Å². The van der Waals surface area contributed by atoms with Crippen molar-refractivity contribution >= 4 is 34.4 Å². The van der Waals surface area contributed by atoms with Crippen LogP contribution in [0.25, 0.3) is 22.4 Å². The minimum Gasteiger partial charge on any atom is -0.491 e. The van der Waals surface area contributed by atoms with Crippen molar-refractivity contribution in [3.8, 4) is 17.1 Å². The van der Waals surface area contributed by atoms with Crippen LogP contribution < -0.4 is 10.3 Å². The van der Waals surface area contributed by atoms with Crippen LogP contribution in [0.2, 0.25) is 5.02 Å². The number of pyridine rings is 1. The number of imide groups is 1. The minimum atomic E-state index is -0.780. The van der Waals surface area contributed by atoms with E-state index in [1.54, 1.807) is 48.7 Å². The van der Waals surface area contributed by atoms with Crippen LogP contribution in [-0.2, 0) is 6.42 Å². The van der Waals surface area contributed by atoms with Crippen molar-refractivity contribution in [1.29, 1.82) is 0 Å². The summed E-state index contributed by atoms with van der Waals surface area (Å²) >= 11 is 5.99. The Balaban J connectivity index is 1.35. The summed E-state index contributed by atoms with van der Waals surface area (Å²) in [6.45, 7) is 5.12. The maximum Gasteiger partial charge on any atom is 0.261 e. The van der Waals surface area contributed by atoms with Crippen molar-refractivity contribution in [2.45, 2.75) is 32.8 Å². The van der Waals surface area contributed by atoms with E-state index in [0.717, 1.165) is 0 Å². The van der Waals surface area contributed by atoms with Gasteiger partial charge in [0.1, 0.15) is 18.2 Å². The van der Waals surface area contributed by atoms with E-state index in [-0.39, 0.29) is 29.4 Å². The Hall–Kier alpha value is -3.99. The SMILES string of the molecule is CN(C)CC(C)(C)CN1C(=O)c2cc3nc(-c4c(CCC(O)COc5cccc(Cl)c5)cc[nH]c4=O)[nH]c3cc2C1=O. The average molecular weight is 592 g/mol. The lowest BCUT2D eigenvalue weighted by molar-refractivity contribution is 0.0570. The molecule has 0 bridgehead atoms. The standard InChI is InChI=1S/C31H34ClN5O5/c1-31(2,16-36(3)4)17-37-29(40)22-13-24-25(14-23(22)30(37)41)35-27(34-24)26-18(10-11-33-28(26)39)8-9-20(38)15-42-21-7-5-6-19(32)12-21/h5-7,10-14,20,38H,8-9,15-17H2,1-4H3,(H,33,39)(H,34,35). The third-order valence-electron chi connectivity index (χ3n) is 7.17. The van der Waals surface area contributed by atoms with Crippen LogP contribution >= 0.6 is 11.6 Å². The number of aromatic amines is 2. The number of aliphatic hydroxyl groups excluding tert-OH is 1. The molecule has 42 heavy (non-hydrogen) atoms. The van der Waals surface area contributed by atoms with E-state index in [1.807, 2.05) is 32.8 Å². The average Bonchev–Trinajstić information content (AvgIpc) is 3.42. The zero-order chi connectivity index (χ0) is 30.2. The molecular formula is C31H34ClN5O5. The second-order valence-electron chi connectivity index (χ2n) is 11.8. The molecule has 0 spiro atoms. The van der Waals surface area contributed by atoms with Gasteiger partial charge in [-0.05, 0) is 74.3 Å². The first-order valence-electron chi connectivity index (χ1n) is 13.7. The molecule has 2 amide bonds.